The molecule has 0 unspecified atom stereocenters. The number of amides is 1. The van der Waals surface area contributed by atoms with Crippen molar-refractivity contribution in [2.24, 2.45) is 0 Å². The van der Waals surface area contributed by atoms with Crippen LogP contribution in [0.4, 0.5) is 5.82 Å². The van der Waals surface area contributed by atoms with Gasteiger partial charge in [-0.05, 0) is 44.2 Å². The Morgan fingerprint density at radius 1 is 1.16 bits per heavy atom. The van der Waals surface area contributed by atoms with Gasteiger partial charge in [-0.2, -0.15) is 0 Å². The van der Waals surface area contributed by atoms with Gasteiger partial charge >= 0.3 is 0 Å². The van der Waals surface area contributed by atoms with E-state index in [1.807, 2.05) is 18.2 Å². The van der Waals surface area contributed by atoms with Gasteiger partial charge in [0.2, 0.25) is 0 Å². The minimum Gasteiger partial charge on any atom is -0.364 e. The van der Waals surface area contributed by atoms with E-state index < -0.39 is 0 Å². The molecular formula is C19H23N5O. The zero-order valence-corrected chi connectivity index (χ0v) is 14.2. The molecule has 2 aromatic heterocycles. The van der Waals surface area contributed by atoms with Crippen LogP contribution < -0.4 is 10.6 Å². The van der Waals surface area contributed by atoms with Crippen LogP contribution in [-0.4, -0.2) is 27.4 Å². The predicted molar refractivity (Wildman–Crippen MR) is 97.1 cm³/mol. The molecule has 0 fully saturated rings. The summed E-state index contributed by atoms with van der Waals surface area (Å²) in [5.41, 5.74) is 2.73. The van der Waals surface area contributed by atoms with Crippen LogP contribution in [0.15, 0.2) is 48.4 Å². The molecule has 6 nitrogen and oxygen atoms in total. The molecule has 25 heavy (non-hydrogen) atoms. The zero-order chi connectivity index (χ0) is 17.3. The van der Waals surface area contributed by atoms with E-state index in [0.717, 1.165) is 18.5 Å². The highest BCUT2D eigenvalue weighted by atomic mass is 16.1. The normalized spacial score (nSPS) is 13.8. The molecular weight excluding hydrogens is 314 g/mol. The van der Waals surface area contributed by atoms with E-state index in [1.165, 1.54) is 31.2 Å². The molecule has 130 valence electrons. The van der Waals surface area contributed by atoms with Crippen molar-refractivity contribution < 1.29 is 4.79 Å². The fraction of sp³-hybridized carbons (Fsp3) is 0.368. The maximum absolute atomic E-state index is 12.3. The summed E-state index contributed by atoms with van der Waals surface area (Å²) in [4.78, 5) is 24.7. The molecule has 1 aliphatic rings. The number of nitrogens with one attached hydrogen (secondary N) is 2. The number of anilines is 1. The van der Waals surface area contributed by atoms with Gasteiger partial charge in [0.05, 0.1) is 12.2 Å². The van der Waals surface area contributed by atoms with Crippen LogP contribution in [0.3, 0.4) is 0 Å². The van der Waals surface area contributed by atoms with Crippen LogP contribution in [-0.2, 0) is 6.54 Å². The van der Waals surface area contributed by atoms with E-state index in [9.17, 15) is 4.79 Å². The summed E-state index contributed by atoms with van der Waals surface area (Å²) in [5.74, 6) is 0.445. The lowest BCUT2D eigenvalue weighted by Crippen LogP contribution is -2.26. The van der Waals surface area contributed by atoms with Crippen LogP contribution in [0.1, 0.15) is 48.3 Å². The average molecular weight is 337 g/mol. The molecule has 0 spiro atoms. The summed E-state index contributed by atoms with van der Waals surface area (Å²) in [5, 5.41) is 6.10. The molecule has 1 aliphatic carbocycles. The second-order valence-electron chi connectivity index (χ2n) is 6.08. The Labute approximate surface area is 147 Å². The molecule has 0 aromatic carbocycles. The molecule has 1 amide bonds. The van der Waals surface area contributed by atoms with Crippen molar-refractivity contribution in [2.45, 2.75) is 38.6 Å². The molecule has 0 saturated carbocycles. The molecule has 0 aliphatic heterocycles. The van der Waals surface area contributed by atoms with Crippen molar-refractivity contribution in [3.63, 3.8) is 0 Å². The fourth-order valence-electron chi connectivity index (χ4n) is 2.82. The first-order valence-corrected chi connectivity index (χ1v) is 8.73. The van der Waals surface area contributed by atoms with E-state index >= 15 is 0 Å². The minimum atomic E-state index is -0.167. The number of nitrogens with zero attached hydrogens (tertiary/aromatic N) is 3. The Morgan fingerprint density at radius 2 is 2.12 bits per heavy atom. The Bertz CT molecular complexity index is 730. The van der Waals surface area contributed by atoms with Crippen LogP contribution >= 0.6 is 0 Å². The Kier molecular flexibility index (Phi) is 6.09. The summed E-state index contributed by atoms with van der Waals surface area (Å²) < 4.78 is 0. The van der Waals surface area contributed by atoms with E-state index in [2.05, 4.69) is 31.7 Å². The van der Waals surface area contributed by atoms with Gasteiger partial charge in [0.1, 0.15) is 17.8 Å². The van der Waals surface area contributed by atoms with Crippen molar-refractivity contribution in [3.05, 3.63) is 59.8 Å². The zero-order valence-electron chi connectivity index (χ0n) is 14.2. The highest BCUT2D eigenvalue weighted by molar-refractivity contribution is 5.92. The highest BCUT2D eigenvalue weighted by Crippen LogP contribution is 2.19. The number of carbonyl (C=O) groups is 1. The van der Waals surface area contributed by atoms with Gasteiger partial charge in [0.25, 0.3) is 5.91 Å². The lowest BCUT2D eigenvalue weighted by atomic mass is 9.97. The molecule has 0 atom stereocenters. The van der Waals surface area contributed by atoms with Crippen molar-refractivity contribution in [3.8, 4) is 0 Å². The van der Waals surface area contributed by atoms with E-state index in [1.54, 1.807) is 12.3 Å². The third-order valence-electron chi connectivity index (χ3n) is 4.19. The van der Waals surface area contributed by atoms with Crippen molar-refractivity contribution in [1.29, 1.82) is 0 Å². The van der Waals surface area contributed by atoms with Gasteiger partial charge in [-0.15, -0.1) is 0 Å². The smallest absolute Gasteiger partial charge is 0.270 e. The van der Waals surface area contributed by atoms with Gasteiger partial charge in [0.15, 0.2) is 0 Å². The standard InChI is InChI=1S/C19H23N5O/c25-19(21-11-9-15-6-2-1-3-7-15)17-12-18(24-14-23-17)22-13-16-8-4-5-10-20-16/h4-6,8,10,12,14H,1-3,7,9,11,13H2,(H,21,25)(H,22,23,24). The molecule has 3 rings (SSSR count). The number of aromatic nitrogens is 3. The third kappa shape index (κ3) is 5.38. The average Bonchev–Trinajstić information content (AvgIpc) is 2.68. The topological polar surface area (TPSA) is 79.8 Å². The number of hydrogen-bond donors (Lipinski definition) is 2. The highest BCUT2D eigenvalue weighted by Gasteiger charge is 2.09. The third-order valence-corrected chi connectivity index (χ3v) is 4.19. The predicted octanol–water partition coefficient (Wildman–Crippen LogP) is 3.10. The summed E-state index contributed by atoms with van der Waals surface area (Å²) in [7, 11) is 0. The number of carbonyl (C=O) groups excluding carboxylic acids is 1. The van der Waals surface area contributed by atoms with Crippen LogP contribution in [0.25, 0.3) is 0 Å². The number of pyridine rings is 1. The molecule has 6 heteroatoms. The van der Waals surface area contributed by atoms with E-state index in [4.69, 9.17) is 0 Å². The van der Waals surface area contributed by atoms with Gasteiger partial charge in [-0.3, -0.25) is 9.78 Å². The van der Waals surface area contributed by atoms with Gasteiger partial charge < -0.3 is 10.6 Å². The summed E-state index contributed by atoms with van der Waals surface area (Å²) in [6.07, 6.45) is 11.2. The van der Waals surface area contributed by atoms with Gasteiger partial charge in [0, 0.05) is 18.8 Å². The Balaban J connectivity index is 1.49. The maximum atomic E-state index is 12.3. The van der Waals surface area contributed by atoms with Gasteiger partial charge in [-0.1, -0.05) is 17.7 Å². The van der Waals surface area contributed by atoms with E-state index in [-0.39, 0.29) is 5.91 Å². The molecule has 2 aromatic rings. The molecule has 2 heterocycles. The van der Waals surface area contributed by atoms with Crippen molar-refractivity contribution in [1.82, 2.24) is 20.3 Å². The monoisotopic (exact) mass is 337 g/mol. The van der Waals surface area contributed by atoms with Crippen molar-refractivity contribution >= 4 is 11.7 Å². The maximum Gasteiger partial charge on any atom is 0.270 e. The number of allylic oxidation sites excluding steroid dienone is 1. The van der Waals surface area contributed by atoms with E-state index in [0.29, 0.717) is 24.6 Å². The first-order chi connectivity index (χ1) is 12.3. The molecule has 2 N–H and O–H groups in total. The molecule has 0 saturated heterocycles. The molecule has 0 bridgehead atoms. The Hall–Kier alpha value is -2.76. The lowest BCUT2D eigenvalue weighted by Gasteiger charge is -2.13. The largest absolute Gasteiger partial charge is 0.364 e. The first kappa shape index (κ1) is 17.1. The summed E-state index contributed by atoms with van der Waals surface area (Å²) in [6, 6.07) is 7.41. The SMILES string of the molecule is O=C(NCCC1=CCCCC1)c1cc(NCc2ccccn2)ncn1. The first-order valence-electron chi connectivity index (χ1n) is 8.73. The van der Waals surface area contributed by atoms with Crippen LogP contribution in [0.5, 0.6) is 0 Å². The quantitative estimate of drug-likeness (QED) is 0.759. The van der Waals surface area contributed by atoms with Gasteiger partial charge in [-0.25, -0.2) is 9.97 Å². The minimum absolute atomic E-state index is 0.167. The second kappa shape index (κ2) is 8.92. The van der Waals surface area contributed by atoms with Crippen LogP contribution in [0, 0.1) is 0 Å². The Morgan fingerprint density at radius 3 is 2.92 bits per heavy atom. The second-order valence-corrected chi connectivity index (χ2v) is 6.08. The summed E-state index contributed by atoms with van der Waals surface area (Å²) >= 11 is 0. The molecule has 0 radical (unpaired) electrons. The van der Waals surface area contributed by atoms with Crippen molar-refractivity contribution in [2.75, 3.05) is 11.9 Å². The lowest BCUT2D eigenvalue weighted by molar-refractivity contribution is 0.0949. The summed E-state index contributed by atoms with van der Waals surface area (Å²) in [6.45, 7) is 1.19. The van der Waals surface area contributed by atoms with Crippen LogP contribution in [0.2, 0.25) is 0 Å². The number of rotatable bonds is 7. The number of hydrogen-bond acceptors (Lipinski definition) is 5. The fourth-order valence-corrected chi connectivity index (χ4v) is 2.82.